The van der Waals surface area contributed by atoms with Crippen LogP contribution in [0.25, 0.3) is 0 Å². The Hall–Kier alpha value is -3.42. The molecule has 0 aliphatic rings. The van der Waals surface area contributed by atoms with Gasteiger partial charge < -0.3 is 14.8 Å². The van der Waals surface area contributed by atoms with Crippen LogP contribution in [0.2, 0.25) is 0 Å². The van der Waals surface area contributed by atoms with Crippen molar-refractivity contribution in [1.82, 2.24) is 5.43 Å². The number of methoxy groups -OCH3 is 1. The number of carbonyl (C=O) groups excluding carboxylic acids is 2. The third kappa shape index (κ3) is 5.81. The lowest BCUT2D eigenvalue weighted by atomic mass is 10.2. The number of para-hydroxylation sites is 2. The zero-order chi connectivity index (χ0) is 19.6. The number of amides is 2. The first-order valence-electron chi connectivity index (χ1n) is 8.21. The van der Waals surface area contributed by atoms with Crippen LogP contribution < -0.4 is 20.2 Å². The van der Waals surface area contributed by atoms with E-state index in [1.54, 1.807) is 24.3 Å². The highest BCUT2D eigenvalue weighted by molar-refractivity contribution is 6.03. The number of ether oxygens (including phenoxy) is 2. The van der Waals surface area contributed by atoms with E-state index in [0.717, 1.165) is 0 Å². The largest absolute Gasteiger partial charge is 0.493 e. The quantitative estimate of drug-likeness (QED) is 0.423. The van der Waals surface area contributed by atoms with Crippen LogP contribution in [-0.4, -0.2) is 31.7 Å². The molecule has 0 spiro atoms. The molecule has 0 fully saturated rings. The average Bonchev–Trinajstić information content (AvgIpc) is 2.65. The number of rotatable bonds is 8. The third-order valence-corrected chi connectivity index (χ3v) is 3.38. The molecule has 0 aliphatic carbocycles. The number of halogens is 1. The predicted octanol–water partition coefficient (Wildman–Crippen LogP) is 2.71. The van der Waals surface area contributed by atoms with Gasteiger partial charge in [-0.05, 0) is 31.2 Å². The Labute approximate surface area is 156 Å². The first-order chi connectivity index (χ1) is 13.0. The topological polar surface area (TPSA) is 89.0 Å². The molecule has 0 radical (unpaired) electrons. The zero-order valence-electron chi connectivity index (χ0n) is 15.0. The van der Waals surface area contributed by atoms with Crippen molar-refractivity contribution in [2.24, 2.45) is 5.10 Å². The molecule has 0 atom stereocenters. The third-order valence-electron chi connectivity index (χ3n) is 3.38. The number of nitrogens with zero attached hydrogens (tertiary/aromatic N) is 1. The van der Waals surface area contributed by atoms with Crippen LogP contribution in [-0.2, 0) is 9.59 Å². The molecule has 2 rings (SSSR count). The van der Waals surface area contributed by atoms with Crippen molar-refractivity contribution in [2.75, 3.05) is 19.0 Å². The second kappa shape index (κ2) is 9.91. The summed E-state index contributed by atoms with van der Waals surface area (Å²) in [6.07, 6.45) is 0.891. The van der Waals surface area contributed by atoms with E-state index in [1.807, 2.05) is 6.92 Å². The summed E-state index contributed by atoms with van der Waals surface area (Å²) in [5.74, 6) is -0.829. The Balaban J connectivity index is 1.93. The molecule has 27 heavy (non-hydrogen) atoms. The number of carbonyl (C=O) groups is 2. The predicted molar refractivity (Wildman–Crippen MR) is 99.5 cm³/mol. The first-order valence-corrected chi connectivity index (χ1v) is 8.21. The summed E-state index contributed by atoms with van der Waals surface area (Å²) in [5, 5.41) is 6.15. The van der Waals surface area contributed by atoms with Crippen LogP contribution >= 0.6 is 0 Å². The molecular formula is C19H20FN3O4. The van der Waals surface area contributed by atoms with Crippen molar-refractivity contribution < 1.29 is 23.5 Å². The van der Waals surface area contributed by atoms with Gasteiger partial charge in [0.15, 0.2) is 11.5 Å². The van der Waals surface area contributed by atoms with Gasteiger partial charge in [-0.25, -0.2) is 9.82 Å². The van der Waals surface area contributed by atoms with Gasteiger partial charge in [0, 0.05) is 5.56 Å². The highest BCUT2D eigenvalue weighted by Gasteiger charge is 2.12. The van der Waals surface area contributed by atoms with Crippen molar-refractivity contribution in [2.45, 2.75) is 13.3 Å². The fourth-order valence-electron chi connectivity index (χ4n) is 2.21. The SMILES string of the molecule is CCOc1c(C=NNC(=O)CC(=O)Nc2ccccc2F)cccc1OC. The maximum Gasteiger partial charge on any atom is 0.249 e. The second-order valence-corrected chi connectivity index (χ2v) is 5.31. The molecule has 142 valence electrons. The fourth-order valence-corrected chi connectivity index (χ4v) is 2.21. The standard InChI is InChI=1S/C19H20FN3O4/c1-3-27-19-13(7-6-10-16(19)26-2)12-21-23-18(25)11-17(24)22-15-9-5-4-8-14(15)20/h4-10,12H,3,11H2,1-2H3,(H,22,24)(H,23,25). The molecule has 0 aliphatic heterocycles. The van der Waals surface area contributed by atoms with Crippen LogP contribution in [0.1, 0.15) is 18.9 Å². The number of hydrogen-bond donors (Lipinski definition) is 2. The van der Waals surface area contributed by atoms with Gasteiger partial charge in [0.05, 0.1) is 25.6 Å². The highest BCUT2D eigenvalue weighted by Crippen LogP contribution is 2.29. The lowest BCUT2D eigenvalue weighted by Gasteiger charge is -2.11. The van der Waals surface area contributed by atoms with Crippen LogP contribution in [0.5, 0.6) is 11.5 Å². The van der Waals surface area contributed by atoms with E-state index in [1.165, 1.54) is 31.5 Å². The Bertz CT molecular complexity index is 839. The van der Waals surface area contributed by atoms with Gasteiger partial charge in [0.1, 0.15) is 12.2 Å². The van der Waals surface area contributed by atoms with E-state index in [0.29, 0.717) is 23.7 Å². The normalized spacial score (nSPS) is 10.5. The Kier molecular flexibility index (Phi) is 7.30. The lowest BCUT2D eigenvalue weighted by molar-refractivity contribution is -0.126. The molecule has 0 saturated heterocycles. The van der Waals surface area contributed by atoms with Crippen LogP contribution in [0.3, 0.4) is 0 Å². The van der Waals surface area contributed by atoms with E-state index in [9.17, 15) is 14.0 Å². The molecule has 8 heteroatoms. The van der Waals surface area contributed by atoms with Gasteiger partial charge >= 0.3 is 0 Å². The number of nitrogens with one attached hydrogen (secondary N) is 2. The molecule has 0 aromatic heterocycles. The smallest absolute Gasteiger partial charge is 0.249 e. The molecule has 2 amide bonds. The van der Waals surface area contributed by atoms with E-state index < -0.39 is 24.1 Å². The monoisotopic (exact) mass is 373 g/mol. The zero-order valence-corrected chi connectivity index (χ0v) is 15.0. The molecule has 2 aromatic rings. The van der Waals surface area contributed by atoms with Crippen molar-refractivity contribution in [1.29, 1.82) is 0 Å². The van der Waals surface area contributed by atoms with Crippen molar-refractivity contribution >= 4 is 23.7 Å². The summed E-state index contributed by atoms with van der Waals surface area (Å²) in [6.45, 7) is 2.27. The minimum atomic E-state index is -0.649. The molecule has 7 nitrogen and oxygen atoms in total. The molecule has 0 bridgehead atoms. The maximum atomic E-state index is 13.5. The fraction of sp³-hybridized carbons (Fsp3) is 0.211. The summed E-state index contributed by atoms with van der Waals surface area (Å²) in [6, 6.07) is 10.9. The minimum absolute atomic E-state index is 0.0107. The Morgan fingerprint density at radius 3 is 2.63 bits per heavy atom. The van der Waals surface area contributed by atoms with Crippen LogP contribution in [0.4, 0.5) is 10.1 Å². The minimum Gasteiger partial charge on any atom is -0.493 e. The van der Waals surface area contributed by atoms with Crippen LogP contribution in [0.15, 0.2) is 47.6 Å². The van der Waals surface area contributed by atoms with E-state index >= 15 is 0 Å². The summed E-state index contributed by atoms with van der Waals surface area (Å²) < 4.78 is 24.2. The summed E-state index contributed by atoms with van der Waals surface area (Å²) in [7, 11) is 1.52. The molecule has 2 N–H and O–H groups in total. The number of benzene rings is 2. The van der Waals surface area contributed by atoms with Gasteiger partial charge in [-0.15, -0.1) is 0 Å². The number of hydrogen-bond acceptors (Lipinski definition) is 5. The first kappa shape index (κ1) is 19.9. The van der Waals surface area contributed by atoms with Crippen LogP contribution in [0, 0.1) is 5.82 Å². The van der Waals surface area contributed by atoms with E-state index in [2.05, 4.69) is 15.8 Å². The van der Waals surface area contributed by atoms with Gasteiger partial charge in [-0.2, -0.15) is 5.10 Å². The summed E-state index contributed by atoms with van der Waals surface area (Å²) in [5.41, 5.74) is 2.86. The van der Waals surface area contributed by atoms with Crippen molar-refractivity contribution in [3.8, 4) is 11.5 Å². The number of anilines is 1. The van der Waals surface area contributed by atoms with Crippen molar-refractivity contribution in [3.05, 3.63) is 53.8 Å². The molecule has 0 heterocycles. The molecular weight excluding hydrogens is 353 g/mol. The Morgan fingerprint density at radius 1 is 1.15 bits per heavy atom. The molecule has 2 aromatic carbocycles. The van der Waals surface area contributed by atoms with E-state index in [4.69, 9.17) is 9.47 Å². The summed E-state index contributed by atoms with van der Waals surface area (Å²) >= 11 is 0. The van der Waals surface area contributed by atoms with Gasteiger partial charge in [-0.3, -0.25) is 9.59 Å². The van der Waals surface area contributed by atoms with E-state index in [-0.39, 0.29) is 5.69 Å². The summed E-state index contributed by atoms with van der Waals surface area (Å²) in [4.78, 5) is 23.6. The second-order valence-electron chi connectivity index (χ2n) is 5.31. The molecule has 0 unspecified atom stereocenters. The van der Waals surface area contributed by atoms with Crippen molar-refractivity contribution in [3.63, 3.8) is 0 Å². The lowest BCUT2D eigenvalue weighted by Crippen LogP contribution is -2.25. The highest BCUT2D eigenvalue weighted by atomic mass is 19.1. The molecule has 0 saturated carbocycles. The average molecular weight is 373 g/mol. The van der Waals surface area contributed by atoms with Gasteiger partial charge in [-0.1, -0.05) is 18.2 Å². The maximum absolute atomic E-state index is 13.5. The Morgan fingerprint density at radius 2 is 1.93 bits per heavy atom. The van der Waals surface area contributed by atoms with Gasteiger partial charge in [0.2, 0.25) is 11.8 Å². The van der Waals surface area contributed by atoms with Gasteiger partial charge in [0.25, 0.3) is 0 Å². The number of hydrazone groups is 1.